The average Bonchev–Trinajstić information content (AvgIpc) is 3.09. The van der Waals surface area contributed by atoms with Crippen molar-refractivity contribution in [3.8, 4) is 58.2 Å². The maximum Gasteiger partial charge on any atom is 0.247 e. The molecular formula is C35H39N3O8. The zero-order valence-corrected chi connectivity index (χ0v) is 27.0. The van der Waals surface area contributed by atoms with E-state index in [1.165, 1.54) is 26.4 Å². The number of benzene rings is 2. The van der Waals surface area contributed by atoms with Gasteiger partial charge in [-0.2, -0.15) is 0 Å². The van der Waals surface area contributed by atoms with E-state index in [2.05, 4.69) is 28.6 Å². The van der Waals surface area contributed by atoms with Crippen molar-refractivity contribution in [2.24, 2.45) is 0 Å². The lowest BCUT2D eigenvalue weighted by atomic mass is 10.1. The molecule has 0 spiro atoms. The molecule has 0 N–H and O–H groups in total. The number of carbonyl (C=O) groups is 2. The van der Waals surface area contributed by atoms with Gasteiger partial charge in [0.2, 0.25) is 23.3 Å². The van der Waals surface area contributed by atoms with Gasteiger partial charge in [-0.15, -0.1) is 0 Å². The lowest BCUT2D eigenvalue weighted by Gasteiger charge is -2.46. The van der Waals surface area contributed by atoms with Gasteiger partial charge in [-0.25, -0.2) is 0 Å². The number of nitrogens with zero attached hydrogens (tertiary/aromatic N) is 3. The van der Waals surface area contributed by atoms with E-state index in [0.29, 0.717) is 71.8 Å². The zero-order chi connectivity index (χ0) is 33.1. The van der Waals surface area contributed by atoms with Gasteiger partial charge in [0.05, 0.1) is 42.7 Å². The molecule has 0 radical (unpaired) electrons. The Morgan fingerprint density at radius 3 is 1.30 bits per heavy atom. The molecule has 2 aliphatic heterocycles. The second-order valence-corrected chi connectivity index (χ2v) is 10.3. The minimum Gasteiger partial charge on any atom is -0.493 e. The fourth-order valence-electron chi connectivity index (χ4n) is 5.35. The minimum atomic E-state index is -0.121. The Morgan fingerprint density at radius 2 is 0.978 bits per heavy atom. The maximum atomic E-state index is 13.0. The average molecular weight is 630 g/mol. The molecule has 242 valence electrons. The third-order valence-corrected chi connectivity index (χ3v) is 7.70. The molecule has 2 heterocycles. The summed E-state index contributed by atoms with van der Waals surface area (Å²) in [4.78, 5) is 31.8. The van der Waals surface area contributed by atoms with Crippen LogP contribution in [0.1, 0.15) is 11.1 Å². The van der Waals surface area contributed by atoms with Crippen LogP contribution in [0.25, 0.3) is 0 Å². The zero-order valence-electron chi connectivity index (χ0n) is 27.0. The van der Waals surface area contributed by atoms with Crippen LogP contribution in [-0.2, 0) is 9.59 Å². The van der Waals surface area contributed by atoms with Gasteiger partial charge in [-0.3, -0.25) is 14.5 Å². The Kier molecular flexibility index (Phi) is 11.8. The molecule has 11 nitrogen and oxygen atoms in total. The molecule has 46 heavy (non-hydrogen) atoms. The van der Waals surface area contributed by atoms with Gasteiger partial charge in [0.25, 0.3) is 0 Å². The molecule has 2 fully saturated rings. The monoisotopic (exact) mass is 629 g/mol. The molecule has 0 saturated carbocycles. The van der Waals surface area contributed by atoms with Crippen LogP contribution in [-0.4, -0.2) is 114 Å². The van der Waals surface area contributed by atoms with Crippen LogP contribution >= 0.6 is 0 Å². The summed E-state index contributed by atoms with van der Waals surface area (Å²) in [5, 5.41) is 0. The fourth-order valence-corrected chi connectivity index (χ4v) is 5.35. The quantitative estimate of drug-likeness (QED) is 0.323. The van der Waals surface area contributed by atoms with Crippen molar-refractivity contribution in [1.82, 2.24) is 14.7 Å². The largest absolute Gasteiger partial charge is 0.493 e. The first-order chi connectivity index (χ1) is 22.3. The first-order valence-electron chi connectivity index (χ1n) is 14.6. The Labute approximate surface area is 270 Å². The van der Waals surface area contributed by atoms with Crippen molar-refractivity contribution in [2.75, 3.05) is 81.9 Å². The highest BCUT2D eigenvalue weighted by Crippen LogP contribution is 2.38. The fraction of sp³-hybridized carbons (Fsp3) is 0.371. The van der Waals surface area contributed by atoms with Crippen LogP contribution < -0.4 is 28.4 Å². The summed E-state index contributed by atoms with van der Waals surface area (Å²) in [5.41, 5.74) is 1.32. The van der Waals surface area contributed by atoms with E-state index >= 15 is 0 Å². The highest BCUT2D eigenvalue weighted by Gasteiger charge is 2.34. The van der Waals surface area contributed by atoms with Crippen LogP contribution in [0, 0.1) is 23.7 Å². The molecule has 2 aromatic rings. The van der Waals surface area contributed by atoms with Crippen LogP contribution in [0.5, 0.6) is 34.5 Å². The molecule has 2 aromatic carbocycles. The van der Waals surface area contributed by atoms with Gasteiger partial charge in [0, 0.05) is 68.6 Å². The predicted molar refractivity (Wildman–Crippen MR) is 173 cm³/mol. The second kappa shape index (κ2) is 16.2. The molecule has 0 bridgehead atoms. The Balaban J connectivity index is 1.33. The number of carbonyl (C=O) groups excluding carboxylic acids is 2. The van der Waals surface area contributed by atoms with Crippen molar-refractivity contribution >= 4 is 11.8 Å². The highest BCUT2D eigenvalue weighted by molar-refractivity contribution is 5.89. The lowest BCUT2D eigenvalue weighted by molar-refractivity contribution is -0.133. The van der Waals surface area contributed by atoms with E-state index in [0.717, 1.165) is 13.1 Å². The molecule has 0 aliphatic carbocycles. The Morgan fingerprint density at radius 1 is 0.609 bits per heavy atom. The van der Waals surface area contributed by atoms with E-state index in [9.17, 15) is 9.59 Å². The highest BCUT2D eigenvalue weighted by atomic mass is 16.5. The molecule has 2 saturated heterocycles. The summed E-state index contributed by atoms with van der Waals surface area (Å²) in [7, 11) is 9.25. The van der Waals surface area contributed by atoms with Gasteiger partial charge >= 0.3 is 0 Å². The van der Waals surface area contributed by atoms with Gasteiger partial charge in [-0.1, -0.05) is 23.7 Å². The van der Waals surface area contributed by atoms with Crippen LogP contribution in [0.4, 0.5) is 0 Å². The number of ether oxygens (including phenoxy) is 6. The molecule has 11 heteroatoms. The summed E-state index contributed by atoms with van der Waals surface area (Å²) in [5.74, 6) is 14.6. The SMILES string of the molecule is COc1cc(C#CC=CC(=O)N2CCN3CCN(C(=O)C=CC#Cc4cc(OC)c(OC)c(OC)c4)CC3C2)cc(OC)c1OC. The van der Waals surface area contributed by atoms with E-state index in [1.807, 2.05) is 0 Å². The van der Waals surface area contributed by atoms with Gasteiger partial charge in [0.15, 0.2) is 23.0 Å². The second-order valence-electron chi connectivity index (χ2n) is 10.3. The van der Waals surface area contributed by atoms with E-state index in [4.69, 9.17) is 28.4 Å². The number of methoxy groups -OCH3 is 6. The molecule has 0 unspecified atom stereocenters. The molecule has 2 aliphatic rings. The number of piperazine rings is 2. The van der Waals surface area contributed by atoms with Crippen molar-refractivity contribution in [3.63, 3.8) is 0 Å². The third kappa shape index (κ3) is 8.06. The lowest BCUT2D eigenvalue weighted by Crippen LogP contribution is -2.63. The summed E-state index contributed by atoms with van der Waals surface area (Å²) in [6, 6.07) is 7.04. The normalized spacial score (nSPS) is 16.1. The van der Waals surface area contributed by atoms with Gasteiger partial charge < -0.3 is 38.2 Å². The minimum absolute atomic E-state index is 0.0489. The molecule has 0 aromatic heterocycles. The van der Waals surface area contributed by atoms with Crippen molar-refractivity contribution < 1.29 is 38.0 Å². The number of fused-ring (bicyclic) bond motifs is 1. The maximum absolute atomic E-state index is 13.0. The van der Waals surface area contributed by atoms with Crippen molar-refractivity contribution in [1.29, 1.82) is 0 Å². The number of rotatable bonds is 8. The van der Waals surface area contributed by atoms with Gasteiger partial charge in [0.1, 0.15) is 0 Å². The van der Waals surface area contributed by atoms with Crippen LogP contribution in [0.3, 0.4) is 0 Å². The number of hydrogen-bond acceptors (Lipinski definition) is 9. The molecule has 0 atom stereocenters. The first kappa shape index (κ1) is 33.6. The topological polar surface area (TPSA) is 99.2 Å². The van der Waals surface area contributed by atoms with E-state index < -0.39 is 0 Å². The smallest absolute Gasteiger partial charge is 0.247 e. The third-order valence-electron chi connectivity index (χ3n) is 7.70. The molecular weight excluding hydrogens is 590 g/mol. The van der Waals surface area contributed by atoms with E-state index in [-0.39, 0.29) is 17.9 Å². The van der Waals surface area contributed by atoms with Crippen LogP contribution in [0.2, 0.25) is 0 Å². The van der Waals surface area contributed by atoms with Gasteiger partial charge in [-0.05, 0) is 36.4 Å². The first-order valence-corrected chi connectivity index (χ1v) is 14.6. The molecule has 4 rings (SSSR count). The molecule has 2 amide bonds. The number of allylic oxidation sites excluding steroid dienone is 2. The number of hydrogen-bond donors (Lipinski definition) is 0. The standard InChI is InChI=1S/C35H39N3O8/c1-41-28-19-25(20-29(42-2)34(28)45-5)11-7-9-13-32(39)37-17-15-36-16-18-38(24-27(36)23-37)33(40)14-10-8-12-26-21-30(43-3)35(46-6)31(22-26)44-4/h9-10,13-14,19-22,27H,15-18,23-24H2,1-6H3. The summed E-state index contributed by atoms with van der Waals surface area (Å²) >= 11 is 0. The Hall–Kier alpha value is -5.26. The summed E-state index contributed by atoms with van der Waals surface area (Å²) in [6.07, 6.45) is 6.03. The van der Waals surface area contributed by atoms with Crippen molar-refractivity contribution in [2.45, 2.75) is 6.04 Å². The predicted octanol–water partition coefficient (Wildman–Crippen LogP) is 2.61. The van der Waals surface area contributed by atoms with Crippen LogP contribution in [0.15, 0.2) is 48.6 Å². The summed E-state index contributed by atoms with van der Waals surface area (Å²) in [6.45, 7) is 3.78. The summed E-state index contributed by atoms with van der Waals surface area (Å²) < 4.78 is 32.2. The van der Waals surface area contributed by atoms with Crippen molar-refractivity contribution in [3.05, 3.63) is 59.7 Å². The number of amides is 2. The Bertz CT molecular complexity index is 1440. The van der Waals surface area contributed by atoms with E-state index in [1.54, 1.807) is 74.7 Å².